The third kappa shape index (κ3) is 5.23. The lowest BCUT2D eigenvalue weighted by molar-refractivity contribution is -0.128. The van der Waals surface area contributed by atoms with Crippen LogP contribution in [0.1, 0.15) is 34.8 Å². The molecule has 0 aliphatic carbocycles. The van der Waals surface area contributed by atoms with E-state index >= 15 is 0 Å². The Morgan fingerprint density at radius 3 is 2.42 bits per heavy atom. The fourth-order valence-electron chi connectivity index (χ4n) is 3.64. The number of hydrogen-bond acceptors (Lipinski definition) is 4. The Kier molecular flexibility index (Phi) is 6.95. The number of amides is 3. The number of hydrogen-bond donors (Lipinski definition) is 1. The number of anilines is 1. The standard InChI is InChI=1S/C24H29N3O4/c1-5-16-6-8-17(9-7-16)14-27-15-18(12-22(27)28)23(29)25-19-10-11-21(31-4)20(13-19)24(30)26(2)3/h6-11,13,18H,5,12,14-15H2,1-4H3,(H,25,29). The van der Waals surface area contributed by atoms with Gasteiger partial charge in [0.25, 0.3) is 5.91 Å². The van der Waals surface area contributed by atoms with Crippen molar-refractivity contribution in [3.63, 3.8) is 0 Å². The molecule has 3 rings (SSSR count). The maximum atomic E-state index is 12.8. The quantitative estimate of drug-likeness (QED) is 0.743. The van der Waals surface area contributed by atoms with Crippen molar-refractivity contribution in [3.8, 4) is 5.75 Å². The van der Waals surface area contributed by atoms with E-state index in [1.807, 2.05) is 12.1 Å². The van der Waals surface area contributed by atoms with Gasteiger partial charge in [-0.3, -0.25) is 14.4 Å². The van der Waals surface area contributed by atoms with E-state index in [2.05, 4.69) is 24.4 Å². The van der Waals surface area contributed by atoms with Crippen LogP contribution in [-0.4, -0.2) is 55.3 Å². The van der Waals surface area contributed by atoms with Gasteiger partial charge in [-0.1, -0.05) is 31.2 Å². The smallest absolute Gasteiger partial charge is 0.257 e. The molecular weight excluding hydrogens is 394 g/mol. The second-order valence-corrected chi connectivity index (χ2v) is 7.95. The molecule has 31 heavy (non-hydrogen) atoms. The third-order valence-electron chi connectivity index (χ3n) is 5.49. The topological polar surface area (TPSA) is 79.0 Å². The number of likely N-dealkylation sites (tertiary alicyclic amines) is 1. The summed E-state index contributed by atoms with van der Waals surface area (Å²) in [5, 5.41) is 2.85. The molecule has 0 bridgehead atoms. The Morgan fingerprint density at radius 2 is 1.81 bits per heavy atom. The van der Waals surface area contributed by atoms with Crippen LogP contribution in [-0.2, 0) is 22.6 Å². The summed E-state index contributed by atoms with van der Waals surface area (Å²) >= 11 is 0. The molecule has 7 nitrogen and oxygen atoms in total. The zero-order valence-corrected chi connectivity index (χ0v) is 18.5. The summed E-state index contributed by atoms with van der Waals surface area (Å²) in [4.78, 5) is 40.8. The van der Waals surface area contributed by atoms with Crippen molar-refractivity contribution in [2.45, 2.75) is 26.3 Å². The van der Waals surface area contributed by atoms with Gasteiger partial charge in [0.05, 0.1) is 18.6 Å². The highest BCUT2D eigenvalue weighted by atomic mass is 16.5. The van der Waals surface area contributed by atoms with Crippen molar-refractivity contribution in [2.75, 3.05) is 33.1 Å². The molecule has 7 heteroatoms. The van der Waals surface area contributed by atoms with Crippen LogP contribution in [0.4, 0.5) is 5.69 Å². The summed E-state index contributed by atoms with van der Waals surface area (Å²) in [6.07, 6.45) is 1.15. The average molecular weight is 424 g/mol. The highest BCUT2D eigenvalue weighted by molar-refractivity contribution is 6.00. The van der Waals surface area contributed by atoms with Crippen LogP contribution in [0.25, 0.3) is 0 Å². The largest absolute Gasteiger partial charge is 0.496 e. The van der Waals surface area contributed by atoms with Gasteiger partial charge in [-0.2, -0.15) is 0 Å². The van der Waals surface area contributed by atoms with Gasteiger partial charge in [-0.05, 0) is 35.7 Å². The minimum atomic E-state index is -0.433. The molecule has 1 aliphatic heterocycles. The van der Waals surface area contributed by atoms with Crippen molar-refractivity contribution in [3.05, 3.63) is 59.2 Å². The molecule has 2 aromatic carbocycles. The predicted octanol–water partition coefficient (Wildman–Crippen LogP) is 2.95. The lowest BCUT2D eigenvalue weighted by Gasteiger charge is -2.17. The highest BCUT2D eigenvalue weighted by Crippen LogP contribution is 2.26. The Balaban J connectivity index is 1.66. The van der Waals surface area contributed by atoms with Gasteiger partial charge in [0.15, 0.2) is 0 Å². The van der Waals surface area contributed by atoms with Gasteiger partial charge >= 0.3 is 0 Å². The molecule has 0 spiro atoms. The number of carbonyl (C=O) groups excluding carboxylic acids is 3. The molecule has 0 saturated carbocycles. The molecule has 0 aromatic heterocycles. The van der Waals surface area contributed by atoms with Gasteiger partial charge < -0.3 is 19.9 Å². The average Bonchev–Trinajstić information content (AvgIpc) is 3.14. The van der Waals surface area contributed by atoms with Crippen molar-refractivity contribution in [2.24, 2.45) is 5.92 Å². The first-order valence-corrected chi connectivity index (χ1v) is 10.4. The molecule has 164 valence electrons. The maximum absolute atomic E-state index is 12.8. The molecule has 1 saturated heterocycles. The van der Waals surface area contributed by atoms with E-state index in [1.54, 1.807) is 37.2 Å². The summed E-state index contributed by atoms with van der Waals surface area (Å²) in [5.74, 6) is -0.474. The zero-order valence-electron chi connectivity index (χ0n) is 18.5. The Hall–Kier alpha value is -3.35. The van der Waals surface area contributed by atoms with Gasteiger partial charge in [0.1, 0.15) is 5.75 Å². The summed E-state index contributed by atoms with van der Waals surface area (Å²) < 4.78 is 5.26. The molecule has 3 amide bonds. The number of nitrogens with one attached hydrogen (secondary N) is 1. The lowest BCUT2D eigenvalue weighted by atomic mass is 10.1. The van der Waals surface area contributed by atoms with Gasteiger partial charge in [0, 0.05) is 39.3 Å². The molecule has 0 radical (unpaired) electrons. The highest BCUT2D eigenvalue weighted by Gasteiger charge is 2.34. The molecule has 1 fully saturated rings. The molecule has 1 heterocycles. The van der Waals surface area contributed by atoms with Crippen molar-refractivity contribution < 1.29 is 19.1 Å². The second kappa shape index (κ2) is 9.64. The first-order chi connectivity index (χ1) is 14.8. The van der Waals surface area contributed by atoms with E-state index in [9.17, 15) is 14.4 Å². The fourth-order valence-corrected chi connectivity index (χ4v) is 3.64. The van der Waals surface area contributed by atoms with E-state index < -0.39 is 5.92 Å². The minimum Gasteiger partial charge on any atom is -0.496 e. The van der Waals surface area contributed by atoms with Crippen LogP contribution < -0.4 is 10.1 Å². The van der Waals surface area contributed by atoms with Gasteiger partial charge in [-0.15, -0.1) is 0 Å². The van der Waals surface area contributed by atoms with Crippen LogP contribution in [0.2, 0.25) is 0 Å². The number of ether oxygens (including phenoxy) is 1. The molecular formula is C24H29N3O4. The summed E-state index contributed by atoms with van der Waals surface area (Å²) in [6.45, 7) is 2.97. The van der Waals surface area contributed by atoms with Crippen molar-refractivity contribution in [1.29, 1.82) is 0 Å². The van der Waals surface area contributed by atoms with Crippen molar-refractivity contribution in [1.82, 2.24) is 9.80 Å². The number of nitrogens with zero attached hydrogens (tertiary/aromatic N) is 2. The molecule has 1 unspecified atom stereocenters. The van der Waals surface area contributed by atoms with Crippen LogP contribution >= 0.6 is 0 Å². The molecule has 1 atom stereocenters. The van der Waals surface area contributed by atoms with E-state index in [-0.39, 0.29) is 24.1 Å². The lowest BCUT2D eigenvalue weighted by Crippen LogP contribution is -2.28. The number of carbonyl (C=O) groups is 3. The van der Waals surface area contributed by atoms with Crippen LogP contribution in [0.3, 0.4) is 0 Å². The predicted molar refractivity (Wildman–Crippen MR) is 119 cm³/mol. The minimum absolute atomic E-state index is 0.0297. The van der Waals surface area contributed by atoms with E-state index in [1.165, 1.54) is 17.6 Å². The van der Waals surface area contributed by atoms with Crippen LogP contribution in [0, 0.1) is 5.92 Å². The van der Waals surface area contributed by atoms with Crippen molar-refractivity contribution >= 4 is 23.4 Å². The molecule has 1 N–H and O–H groups in total. The maximum Gasteiger partial charge on any atom is 0.257 e. The SMILES string of the molecule is CCc1ccc(CN2CC(C(=O)Nc3ccc(OC)c(C(=O)N(C)C)c3)CC2=O)cc1. The molecule has 1 aliphatic rings. The number of aryl methyl sites for hydroxylation is 1. The van der Waals surface area contributed by atoms with E-state index in [0.717, 1.165) is 12.0 Å². The van der Waals surface area contributed by atoms with E-state index in [0.29, 0.717) is 30.1 Å². The number of methoxy groups -OCH3 is 1. The van der Waals surface area contributed by atoms with E-state index in [4.69, 9.17) is 4.74 Å². The summed E-state index contributed by atoms with van der Waals surface area (Å²) in [5.41, 5.74) is 3.16. The fraction of sp³-hybridized carbons (Fsp3) is 0.375. The number of rotatable bonds is 7. The van der Waals surface area contributed by atoms with Crippen LogP contribution in [0.15, 0.2) is 42.5 Å². The summed E-state index contributed by atoms with van der Waals surface area (Å²) in [6, 6.07) is 13.1. The van der Waals surface area contributed by atoms with Crippen LogP contribution in [0.5, 0.6) is 5.75 Å². The molecule has 2 aromatic rings. The number of benzene rings is 2. The third-order valence-corrected chi connectivity index (χ3v) is 5.49. The first-order valence-electron chi connectivity index (χ1n) is 10.4. The Bertz CT molecular complexity index is 969. The first kappa shape index (κ1) is 22.3. The normalized spacial score (nSPS) is 15.7. The summed E-state index contributed by atoms with van der Waals surface area (Å²) in [7, 11) is 4.80. The second-order valence-electron chi connectivity index (χ2n) is 7.95. The van der Waals surface area contributed by atoms with Gasteiger partial charge in [0.2, 0.25) is 11.8 Å². The zero-order chi connectivity index (χ0) is 22.5. The Labute approximate surface area is 183 Å². The van der Waals surface area contributed by atoms with Gasteiger partial charge in [-0.25, -0.2) is 0 Å². The monoisotopic (exact) mass is 423 g/mol. The Morgan fingerprint density at radius 1 is 1.13 bits per heavy atom.